The van der Waals surface area contributed by atoms with E-state index in [1.807, 2.05) is 34.9 Å². The highest BCUT2D eigenvalue weighted by molar-refractivity contribution is 5.85. The van der Waals surface area contributed by atoms with Gasteiger partial charge in [-0.05, 0) is 74.6 Å². The molecule has 4 aromatic rings. The van der Waals surface area contributed by atoms with Crippen LogP contribution in [-0.2, 0) is 11.2 Å². The molecule has 0 spiro atoms. The molecule has 0 radical (unpaired) electrons. The first-order valence-electron chi connectivity index (χ1n) is 12.5. The van der Waals surface area contributed by atoms with Crippen molar-refractivity contribution in [3.63, 3.8) is 0 Å². The van der Waals surface area contributed by atoms with E-state index < -0.39 is 18.1 Å². The van der Waals surface area contributed by atoms with Gasteiger partial charge in [-0.3, -0.25) is 9.36 Å². The van der Waals surface area contributed by atoms with Gasteiger partial charge >= 0.3 is 0 Å². The van der Waals surface area contributed by atoms with E-state index in [0.29, 0.717) is 0 Å². The Labute approximate surface area is 210 Å². The van der Waals surface area contributed by atoms with E-state index in [1.165, 1.54) is 10.9 Å². The van der Waals surface area contributed by atoms with E-state index in [0.717, 1.165) is 62.1 Å². The molecule has 1 fully saturated rings. The highest BCUT2D eigenvalue weighted by atomic mass is 16.3. The normalized spacial score (nSPS) is 16.8. The second-order valence-electron chi connectivity index (χ2n) is 9.53. The Kier molecular flexibility index (Phi) is 7.41. The summed E-state index contributed by atoms with van der Waals surface area (Å²) in [5.74, 6) is -0.708. The molecular formula is C27H33N7O2. The van der Waals surface area contributed by atoms with Crippen molar-refractivity contribution in [1.82, 2.24) is 30.0 Å². The van der Waals surface area contributed by atoms with E-state index in [1.54, 1.807) is 12.7 Å². The van der Waals surface area contributed by atoms with Crippen LogP contribution in [-0.4, -0.2) is 67.4 Å². The van der Waals surface area contributed by atoms with Crippen LogP contribution in [0.3, 0.4) is 0 Å². The Morgan fingerprint density at radius 1 is 1.14 bits per heavy atom. The number of aromatic nitrogens is 4. The van der Waals surface area contributed by atoms with Gasteiger partial charge in [0.05, 0.1) is 6.04 Å². The molecule has 5 rings (SSSR count). The lowest BCUT2D eigenvalue weighted by Gasteiger charge is -2.35. The van der Waals surface area contributed by atoms with Gasteiger partial charge < -0.3 is 26.0 Å². The third-order valence-corrected chi connectivity index (χ3v) is 7.16. The number of aliphatic hydroxyl groups is 1. The average Bonchev–Trinajstić information content (AvgIpc) is 3.58. The Morgan fingerprint density at radius 2 is 1.89 bits per heavy atom. The van der Waals surface area contributed by atoms with Gasteiger partial charge in [0.1, 0.15) is 12.7 Å². The van der Waals surface area contributed by atoms with Crippen molar-refractivity contribution in [2.75, 3.05) is 19.6 Å². The van der Waals surface area contributed by atoms with Crippen molar-refractivity contribution in [1.29, 1.82) is 0 Å². The molecule has 9 nitrogen and oxygen atoms in total. The molecule has 0 saturated carbocycles. The first-order chi connectivity index (χ1) is 17.6. The summed E-state index contributed by atoms with van der Waals surface area (Å²) in [5.41, 5.74) is 9.80. The highest BCUT2D eigenvalue weighted by Gasteiger charge is 2.29. The van der Waals surface area contributed by atoms with Gasteiger partial charge in [-0.15, -0.1) is 10.2 Å². The molecule has 1 amide bonds. The second-order valence-corrected chi connectivity index (χ2v) is 9.53. The molecule has 0 aliphatic carbocycles. The number of aryl methyl sites for hydroxylation is 1. The fraction of sp³-hybridized carbons (Fsp3) is 0.370. The Morgan fingerprint density at radius 3 is 2.61 bits per heavy atom. The molecule has 2 unspecified atom stereocenters. The number of nitrogens with two attached hydrogens (primary N) is 1. The number of H-pyrrole nitrogens is 1. The van der Waals surface area contributed by atoms with Gasteiger partial charge in [0.15, 0.2) is 6.10 Å². The number of carbonyl (C=O) groups is 1. The van der Waals surface area contributed by atoms with Crippen molar-refractivity contribution in [2.24, 2.45) is 5.73 Å². The van der Waals surface area contributed by atoms with Crippen LogP contribution >= 0.6 is 0 Å². The van der Waals surface area contributed by atoms with E-state index in [-0.39, 0.29) is 6.04 Å². The second kappa shape index (κ2) is 11.0. The van der Waals surface area contributed by atoms with Crippen LogP contribution in [0.15, 0.2) is 67.4 Å². The Bertz CT molecular complexity index is 1260. The van der Waals surface area contributed by atoms with Gasteiger partial charge in [-0.2, -0.15) is 0 Å². The number of rotatable bonds is 10. The monoisotopic (exact) mass is 487 g/mol. The number of aromatic amines is 1. The Balaban J connectivity index is 1.13. The number of nitrogens with zero attached hydrogens (tertiary/aromatic N) is 4. The number of benzene rings is 2. The summed E-state index contributed by atoms with van der Waals surface area (Å²) in [6.07, 6.45) is 8.29. The largest absolute Gasteiger partial charge is 0.381 e. The number of primary amides is 1. The third-order valence-electron chi connectivity index (χ3n) is 7.16. The molecule has 2 atom stereocenters. The molecule has 2 aromatic carbocycles. The molecule has 1 saturated heterocycles. The molecule has 188 valence electrons. The topological polar surface area (TPSA) is 125 Å². The van der Waals surface area contributed by atoms with Gasteiger partial charge in [-0.25, -0.2) is 0 Å². The van der Waals surface area contributed by atoms with Crippen LogP contribution in [0.25, 0.3) is 16.6 Å². The predicted molar refractivity (Wildman–Crippen MR) is 139 cm³/mol. The fourth-order valence-electron chi connectivity index (χ4n) is 5.13. The molecular weight excluding hydrogens is 454 g/mol. The standard InChI is InChI=1S/C27H33N7O2/c28-27(36)26(35)25(19-5-2-1-3-6-19)32-21-10-13-33(14-11-21)12-4-7-20-16-29-24-9-8-22(15-23(20)24)34-17-30-31-18-34/h1-3,5-6,8-9,15-18,21,25-26,29,32,35H,4,7,10-14H2,(H2,28,36). The summed E-state index contributed by atoms with van der Waals surface area (Å²) in [5, 5.41) is 23.0. The zero-order valence-corrected chi connectivity index (χ0v) is 20.3. The van der Waals surface area contributed by atoms with Crippen molar-refractivity contribution in [2.45, 2.75) is 43.9 Å². The molecule has 1 aliphatic rings. The molecule has 0 bridgehead atoms. The van der Waals surface area contributed by atoms with Crippen LogP contribution < -0.4 is 11.1 Å². The SMILES string of the molecule is NC(=O)C(O)C(NC1CCN(CCCc2c[nH]c3ccc(-n4cnnc4)cc23)CC1)c1ccccc1. The van der Waals surface area contributed by atoms with Gasteiger partial charge in [0.2, 0.25) is 5.91 Å². The number of piperidine rings is 1. The van der Waals surface area contributed by atoms with E-state index in [4.69, 9.17) is 5.73 Å². The maximum absolute atomic E-state index is 11.7. The number of likely N-dealkylation sites (tertiary alicyclic amines) is 1. The molecule has 36 heavy (non-hydrogen) atoms. The number of hydrogen-bond acceptors (Lipinski definition) is 6. The van der Waals surface area contributed by atoms with Crippen LogP contribution in [0, 0.1) is 0 Å². The summed E-state index contributed by atoms with van der Waals surface area (Å²) in [4.78, 5) is 17.6. The van der Waals surface area contributed by atoms with E-state index in [9.17, 15) is 9.90 Å². The third kappa shape index (κ3) is 5.48. The van der Waals surface area contributed by atoms with Crippen molar-refractivity contribution < 1.29 is 9.90 Å². The first-order valence-corrected chi connectivity index (χ1v) is 12.5. The van der Waals surface area contributed by atoms with Crippen LogP contribution in [0.5, 0.6) is 0 Å². The summed E-state index contributed by atoms with van der Waals surface area (Å²) in [7, 11) is 0. The molecule has 5 N–H and O–H groups in total. The first kappa shape index (κ1) is 24.2. The number of aliphatic hydroxyl groups excluding tert-OH is 1. The van der Waals surface area contributed by atoms with Crippen LogP contribution in [0.2, 0.25) is 0 Å². The molecule has 9 heteroatoms. The van der Waals surface area contributed by atoms with Crippen molar-refractivity contribution in [3.05, 3.63) is 78.5 Å². The van der Waals surface area contributed by atoms with E-state index in [2.05, 4.69) is 49.8 Å². The van der Waals surface area contributed by atoms with Crippen LogP contribution in [0.4, 0.5) is 0 Å². The van der Waals surface area contributed by atoms with Gasteiger partial charge in [-0.1, -0.05) is 30.3 Å². The smallest absolute Gasteiger partial charge is 0.248 e. The quantitative estimate of drug-likeness (QED) is 0.272. The zero-order chi connectivity index (χ0) is 24.9. The number of carbonyl (C=O) groups excluding carboxylic acids is 1. The zero-order valence-electron chi connectivity index (χ0n) is 20.3. The molecule has 3 heterocycles. The number of amides is 1. The highest BCUT2D eigenvalue weighted by Crippen LogP contribution is 2.24. The van der Waals surface area contributed by atoms with Gasteiger partial charge in [0.25, 0.3) is 0 Å². The summed E-state index contributed by atoms with van der Waals surface area (Å²) in [6.45, 7) is 3.01. The minimum Gasteiger partial charge on any atom is -0.381 e. The lowest BCUT2D eigenvalue weighted by atomic mass is 9.97. The lowest BCUT2D eigenvalue weighted by Crippen LogP contribution is -2.48. The molecule has 1 aliphatic heterocycles. The minimum absolute atomic E-state index is 0.227. The average molecular weight is 488 g/mol. The maximum atomic E-state index is 11.7. The lowest BCUT2D eigenvalue weighted by molar-refractivity contribution is -0.127. The number of fused-ring (bicyclic) bond motifs is 1. The minimum atomic E-state index is -1.26. The number of hydrogen-bond donors (Lipinski definition) is 4. The van der Waals surface area contributed by atoms with Gasteiger partial charge in [0, 0.05) is 28.8 Å². The maximum Gasteiger partial charge on any atom is 0.248 e. The molecule has 2 aromatic heterocycles. The fourth-order valence-corrected chi connectivity index (χ4v) is 5.13. The van der Waals surface area contributed by atoms with Crippen molar-refractivity contribution >= 4 is 16.8 Å². The summed E-state index contributed by atoms with van der Waals surface area (Å²) < 4.78 is 1.92. The summed E-state index contributed by atoms with van der Waals surface area (Å²) >= 11 is 0. The van der Waals surface area contributed by atoms with E-state index >= 15 is 0 Å². The van der Waals surface area contributed by atoms with Crippen LogP contribution in [0.1, 0.15) is 36.4 Å². The summed E-state index contributed by atoms with van der Waals surface area (Å²) in [6, 6.07) is 15.6. The Hall–Kier alpha value is -3.53. The van der Waals surface area contributed by atoms with Crippen molar-refractivity contribution in [3.8, 4) is 5.69 Å². The number of nitrogens with one attached hydrogen (secondary N) is 2. The predicted octanol–water partition coefficient (Wildman–Crippen LogP) is 2.32.